The smallest absolute Gasteiger partial charge is 0.247 e. The zero-order chi connectivity index (χ0) is 14.5. The maximum atomic E-state index is 12.1. The number of hydrogen-bond donors (Lipinski definition) is 4. The highest BCUT2D eigenvalue weighted by molar-refractivity contribution is 5.97. The lowest BCUT2D eigenvalue weighted by molar-refractivity contribution is -0.137. The number of nitrogens with two attached hydrogens (primary N) is 1. The van der Waals surface area contributed by atoms with Crippen molar-refractivity contribution in [3.63, 3.8) is 0 Å². The van der Waals surface area contributed by atoms with Crippen LogP contribution in [0.25, 0.3) is 0 Å². The van der Waals surface area contributed by atoms with Gasteiger partial charge in [-0.1, -0.05) is 12.1 Å². The van der Waals surface area contributed by atoms with E-state index in [0.29, 0.717) is 18.5 Å². The van der Waals surface area contributed by atoms with E-state index in [-0.39, 0.29) is 17.6 Å². The highest BCUT2D eigenvalue weighted by Gasteiger charge is 2.33. The average Bonchev–Trinajstić information content (AvgIpc) is 2.43. The third kappa shape index (κ3) is 3.27. The number of amides is 2. The maximum Gasteiger partial charge on any atom is 0.247 e. The summed E-state index contributed by atoms with van der Waals surface area (Å²) in [6.45, 7) is 0.582. The monoisotopic (exact) mass is 277 g/mol. The van der Waals surface area contributed by atoms with Crippen molar-refractivity contribution in [3.8, 4) is 5.75 Å². The molecule has 1 heterocycles. The van der Waals surface area contributed by atoms with Crippen LogP contribution in [0.5, 0.6) is 5.75 Å². The normalized spacial score (nSPS) is 22.2. The largest absolute Gasteiger partial charge is 0.508 e. The Morgan fingerprint density at radius 3 is 2.40 bits per heavy atom. The number of rotatable bonds is 5. The van der Waals surface area contributed by atoms with E-state index in [9.17, 15) is 14.7 Å². The van der Waals surface area contributed by atoms with E-state index in [4.69, 9.17) is 5.73 Å². The molecule has 1 aromatic rings. The zero-order valence-corrected chi connectivity index (χ0v) is 11.1. The van der Waals surface area contributed by atoms with Gasteiger partial charge in [0.1, 0.15) is 17.8 Å². The first-order valence-corrected chi connectivity index (χ1v) is 6.71. The van der Waals surface area contributed by atoms with Crippen LogP contribution in [0.3, 0.4) is 0 Å². The summed E-state index contributed by atoms with van der Waals surface area (Å²) in [6.07, 6.45) is 2.23. The van der Waals surface area contributed by atoms with E-state index >= 15 is 0 Å². The quantitative estimate of drug-likeness (QED) is 0.576. The van der Waals surface area contributed by atoms with Crippen LogP contribution in [0.2, 0.25) is 0 Å². The molecule has 20 heavy (non-hydrogen) atoms. The minimum absolute atomic E-state index is 0.121. The number of aromatic hydroxyl groups is 1. The van der Waals surface area contributed by atoms with Crippen molar-refractivity contribution < 1.29 is 14.7 Å². The molecule has 0 aliphatic carbocycles. The molecule has 6 heteroatoms. The van der Waals surface area contributed by atoms with Crippen LogP contribution >= 0.6 is 0 Å². The first-order valence-electron chi connectivity index (χ1n) is 6.71. The van der Waals surface area contributed by atoms with Gasteiger partial charge in [0.05, 0.1) is 0 Å². The summed E-state index contributed by atoms with van der Waals surface area (Å²) in [5, 5.41) is 14.7. The summed E-state index contributed by atoms with van der Waals surface area (Å²) in [6, 6.07) is 5.03. The van der Waals surface area contributed by atoms with Crippen LogP contribution in [-0.2, 0) is 9.59 Å². The Labute approximate surface area is 117 Å². The molecule has 0 unspecified atom stereocenters. The molecule has 2 atom stereocenters. The van der Waals surface area contributed by atoms with E-state index in [1.165, 1.54) is 12.1 Å². The summed E-state index contributed by atoms with van der Waals surface area (Å²) in [5.41, 5.74) is 6.06. The van der Waals surface area contributed by atoms with Crippen molar-refractivity contribution >= 4 is 11.8 Å². The highest BCUT2D eigenvalue weighted by atomic mass is 16.3. The van der Waals surface area contributed by atoms with Crippen LogP contribution in [0.4, 0.5) is 0 Å². The molecular weight excluding hydrogens is 258 g/mol. The van der Waals surface area contributed by atoms with Gasteiger partial charge in [0.25, 0.3) is 0 Å². The molecule has 0 spiro atoms. The second-order valence-corrected chi connectivity index (χ2v) is 4.88. The first-order chi connectivity index (χ1) is 9.61. The highest BCUT2D eigenvalue weighted by Crippen LogP contribution is 2.20. The molecule has 1 saturated heterocycles. The van der Waals surface area contributed by atoms with Gasteiger partial charge in [0, 0.05) is 0 Å². The number of hydrogen-bond acceptors (Lipinski definition) is 4. The van der Waals surface area contributed by atoms with Crippen LogP contribution in [0, 0.1) is 0 Å². The molecule has 0 saturated carbocycles. The maximum absolute atomic E-state index is 12.1. The molecule has 0 radical (unpaired) electrons. The molecule has 1 aliphatic heterocycles. The van der Waals surface area contributed by atoms with Gasteiger partial charge in [-0.2, -0.15) is 0 Å². The lowest BCUT2D eigenvalue weighted by Gasteiger charge is -2.29. The summed E-state index contributed by atoms with van der Waals surface area (Å²) < 4.78 is 0. The number of carbonyl (C=O) groups excluding carboxylic acids is 2. The van der Waals surface area contributed by atoms with Crippen molar-refractivity contribution in [1.29, 1.82) is 0 Å². The number of phenols is 1. The van der Waals surface area contributed by atoms with E-state index in [2.05, 4.69) is 10.6 Å². The Morgan fingerprint density at radius 2 is 1.75 bits per heavy atom. The Balaban J connectivity index is 2.01. The molecule has 2 amide bonds. The van der Waals surface area contributed by atoms with Crippen molar-refractivity contribution in [1.82, 2.24) is 10.6 Å². The second kappa shape index (κ2) is 6.38. The average molecular weight is 277 g/mol. The van der Waals surface area contributed by atoms with Gasteiger partial charge >= 0.3 is 0 Å². The predicted molar refractivity (Wildman–Crippen MR) is 73.8 cm³/mol. The van der Waals surface area contributed by atoms with Crippen LogP contribution in [0.15, 0.2) is 24.3 Å². The topological polar surface area (TPSA) is 104 Å². The summed E-state index contributed by atoms with van der Waals surface area (Å²) >= 11 is 0. The lowest BCUT2D eigenvalue weighted by atomic mass is 10.00. The van der Waals surface area contributed by atoms with Gasteiger partial charge < -0.3 is 21.5 Å². The van der Waals surface area contributed by atoms with E-state index in [1.54, 1.807) is 12.1 Å². The zero-order valence-electron chi connectivity index (χ0n) is 11.1. The van der Waals surface area contributed by atoms with Crippen molar-refractivity contribution in [3.05, 3.63) is 29.8 Å². The molecule has 1 fully saturated rings. The number of carbonyl (C=O) groups is 2. The molecule has 2 rings (SSSR count). The fourth-order valence-electron chi connectivity index (χ4n) is 2.23. The van der Waals surface area contributed by atoms with Crippen molar-refractivity contribution in [2.24, 2.45) is 5.73 Å². The summed E-state index contributed by atoms with van der Waals surface area (Å²) in [5.74, 6) is -0.288. The fourth-order valence-corrected chi connectivity index (χ4v) is 2.23. The van der Waals surface area contributed by atoms with Crippen molar-refractivity contribution in [2.75, 3.05) is 6.54 Å². The van der Waals surface area contributed by atoms with Crippen LogP contribution in [-0.4, -0.2) is 29.5 Å². The predicted octanol–water partition coefficient (Wildman–Crippen LogP) is 0.177. The van der Waals surface area contributed by atoms with Crippen molar-refractivity contribution in [2.45, 2.75) is 31.3 Å². The van der Waals surface area contributed by atoms with Gasteiger partial charge in [-0.25, -0.2) is 0 Å². The molecular formula is C14H19N3O3. The lowest BCUT2D eigenvalue weighted by Crippen LogP contribution is -2.57. The molecule has 108 valence electrons. The Bertz CT molecular complexity index is 487. The molecule has 0 bridgehead atoms. The van der Waals surface area contributed by atoms with E-state index in [0.717, 1.165) is 12.8 Å². The molecule has 1 aliphatic rings. The number of benzene rings is 1. The molecule has 5 N–H and O–H groups in total. The summed E-state index contributed by atoms with van der Waals surface area (Å²) in [4.78, 5) is 24.0. The Kier molecular flexibility index (Phi) is 4.57. The first kappa shape index (κ1) is 14.3. The minimum Gasteiger partial charge on any atom is -0.508 e. The van der Waals surface area contributed by atoms with Gasteiger partial charge in [-0.3, -0.25) is 9.59 Å². The van der Waals surface area contributed by atoms with E-state index in [1.807, 2.05) is 0 Å². The van der Waals surface area contributed by atoms with Gasteiger partial charge in [-0.15, -0.1) is 0 Å². The third-order valence-corrected chi connectivity index (χ3v) is 3.36. The van der Waals surface area contributed by atoms with E-state index < -0.39 is 12.1 Å². The number of piperazine rings is 1. The van der Waals surface area contributed by atoms with Gasteiger partial charge in [0.15, 0.2) is 0 Å². The number of nitrogens with one attached hydrogen (secondary N) is 2. The van der Waals surface area contributed by atoms with Crippen LogP contribution in [0.1, 0.15) is 30.9 Å². The van der Waals surface area contributed by atoms with Gasteiger partial charge in [-0.05, 0) is 43.5 Å². The third-order valence-electron chi connectivity index (χ3n) is 3.36. The molecule has 6 nitrogen and oxygen atoms in total. The Morgan fingerprint density at radius 1 is 1.05 bits per heavy atom. The number of phenolic OH excluding ortho intramolecular Hbond substituents is 1. The summed E-state index contributed by atoms with van der Waals surface area (Å²) in [7, 11) is 0. The number of unbranched alkanes of at least 4 members (excludes halogenated alkanes) is 1. The SMILES string of the molecule is NCCCC[C@@H]1NC(=O)[C@@H](c2ccc(O)cc2)NC1=O. The fraction of sp³-hybridized carbons (Fsp3) is 0.429. The standard InChI is InChI=1S/C14H19N3O3/c15-8-2-1-3-11-13(19)17-12(14(20)16-11)9-4-6-10(18)7-5-9/h4-7,11-12,18H,1-3,8,15H2,(H,16,20)(H,17,19)/t11-,12+/m0/s1. The Hall–Kier alpha value is -2.08. The molecule has 1 aromatic carbocycles. The molecule has 0 aromatic heterocycles. The van der Waals surface area contributed by atoms with Gasteiger partial charge in [0.2, 0.25) is 11.8 Å². The second-order valence-electron chi connectivity index (χ2n) is 4.88. The van der Waals surface area contributed by atoms with Crippen LogP contribution < -0.4 is 16.4 Å². The minimum atomic E-state index is -0.700.